The van der Waals surface area contributed by atoms with Gasteiger partial charge in [0.15, 0.2) is 0 Å². The molecule has 3 N–H and O–H groups in total. The first-order valence-electron chi connectivity index (χ1n) is 4.86. The Morgan fingerprint density at radius 1 is 1.06 bits per heavy atom. The molecule has 1 aromatic carbocycles. The van der Waals surface area contributed by atoms with Gasteiger partial charge in [-0.2, -0.15) is 0 Å². The molecule has 0 atom stereocenters. The van der Waals surface area contributed by atoms with Gasteiger partial charge in [0.2, 0.25) is 0 Å². The monoisotopic (exact) mass is 240 g/mol. The van der Waals surface area contributed by atoms with Crippen LogP contribution in [0, 0.1) is 0 Å². The van der Waals surface area contributed by atoms with E-state index in [1.54, 1.807) is 0 Å². The first-order chi connectivity index (χ1) is 7.97. The molecule has 0 bridgehead atoms. The van der Waals surface area contributed by atoms with Gasteiger partial charge in [0.25, 0.3) is 0 Å². The van der Waals surface area contributed by atoms with E-state index in [0.29, 0.717) is 5.56 Å². The van der Waals surface area contributed by atoms with Crippen LogP contribution in [0.4, 0.5) is 0 Å². The van der Waals surface area contributed by atoms with Gasteiger partial charge in [-0.05, 0) is 17.7 Å². The minimum Gasteiger partial charge on any atom is -0.508 e. The van der Waals surface area contributed by atoms with E-state index >= 15 is 0 Å². The molecule has 6 heteroatoms. The zero-order valence-corrected chi connectivity index (χ0v) is 8.92. The molecule has 0 aromatic heterocycles. The van der Waals surface area contributed by atoms with E-state index in [2.05, 4.69) is 0 Å². The summed E-state index contributed by atoms with van der Waals surface area (Å²) < 4.78 is 4.76. The lowest BCUT2D eigenvalue weighted by molar-refractivity contribution is -0.148. The predicted molar refractivity (Wildman–Crippen MR) is 56.4 cm³/mol. The highest BCUT2D eigenvalue weighted by atomic mass is 16.5. The highest BCUT2D eigenvalue weighted by Crippen LogP contribution is 2.20. The molecule has 92 valence electrons. The van der Waals surface area contributed by atoms with Gasteiger partial charge >= 0.3 is 11.9 Å². The fourth-order valence-corrected chi connectivity index (χ4v) is 1.18. The number of aromatic hydroxyl groups is 2. The second-order valence-electron chi connectivity index (χ2n) is 3.41. The van der Waals surface area contributed by atoms with Crippen molar-refractivity contribution in [2.75, 3.05) is 0 Å². The fraction of sp³-hybridized carbons (Fsp3) is 0.273. The van der Waals surface area contributed by atoms with Crippen LogP contribution in [0.1, 0.15) is 18.4 Å². The highest BCUT2D eigenvalue weighted by molar-refractivity contribution is 5.76. The Labute approximate surface area is 97.1 Å². The van der Waals surface area contributed by atoms with Gasteiger partial charge < -0.3 is 20.1 Å². The van der Waals surface area contributed by atoms with Gasteiger partial charge in [0, 0.05) is 6.07 Å². The topological polar surface area (TPSA) is 104 Å². The Bertz CT molecular complexity index is 406. The summed E-state index contributed by atoms with van der Waals surface area (Å²) in [5.41, 5.74) is 0.422. The van der Waals surface area contributed by atoms with E-state index in [1.807, 2.05) is 0 Å². The van der Waals surface area contributed by atoms with Crippen LogP contribution in [0.25, 0.3) is 0 Å². The number of benzene rings is 1. The Hall–Kier alpha value is -2.24. The average molecular weight is 240 g/mol. The first kappa shape index (κ1) is 12.8. The Morgan fingerprint density at radius 3 is 2.18 bits per heavy atom. The van der Waals surface area contributed by atoms with Crippen molar-refractivity contribution >= 4 is 11.9 Å². The molecule has 0 aliphatic carbocycles. The zero-order valence-electron chi connectivity index (χ0n) is 8.92. The number of phenols is 2. The molecule has 0 spiro atoms. The number of carboxylic acid groups (broad SMARTS) is 1. The molecule has 0 amide bonds. The SMILES string of the molecule is O=C(O)CCC(=O)OCc1cc(O)cc(O)c1. The van der Waals surface area contributed by atoms with Crippen LogP contribution in [0.2, 0.25) is 0 Å². The van der Waals surface area contributed by atoms with Crippen molar-refractivity contribution in [3.05, 3.63) is 23.8 Å². The minimum absolute atomic E-state index is 0.125. The van der Waals surface area contributed by atoms with E-state index < -0.39 is 11.9 Å². The van der Waals surface area contributed by atoms with Crippen LogP contribution in [-0.2, 0) is 20.9 Å². The van der Waals surface area contributed by atoms with Crippen molar-refractivity contribution in [3.63, 3.8) is 0 Å². The van der Waals surface area contributed by atoms with Gasteiger partial charge in [-0.15, -0.1) is 0 Å². The molecule has 6 nitrogen and oxygen atoms in total. The van der Waals surface area contributed by atoms with Gasteiger partial charge in [-0.1, -0.05) is 0 Å². The number of ether oxygens (including phenoxy) is 1. The Balaban J connectivity index is 2.44. The molecule has 0 radical (unpaired) electrons. The number of carbonyl (C=O) groups excluding carboxylic acids is 1. The lowest BCUT2D eigenvalue weighted by atomic mass is 10.2. The van der Waals surface area contributed by atoms with Crippen molar-refractivity contribution in [1.82, 2.24) is 0 Å². The van der Waals surface area contributed by atoms with Gasteiger partial charge in [0.05, 0.1) is 12.8 Å². The van der Waals surface area contributed by atoms with E-state index in [4.69, 9.17) is 20.1 Å². The summed E-state index contributed by atoms with van der Waals surface area (Å²) in [6.07, 6.45) is -0.496. The number of aliphatic carboxylic acids is 1. The molecule has 0 fully saturated rings. The number of rotatable bonds is 5. The maximum Gasteiger partial charge on any atom is 0.306 e. The molecule has 17 heavy (non-hydrogen) atoms. The molecule has 1 rings (SSSR count). The van der Waals surface area contributed by atoms with Gasteiger partial charge in [0.1, 0.15) is 18.1 Å². The van der Waals surface area contributed by atoms with Crippen LogP contribution >= 0.6 is 0 Å². The number of hydrogen-bond donors (Lipinski definition) is 3. The van der Waals surface area contributed by atoms with Crippen molar-refractivity contribution in [3.8, 4) is 11.5 Å². The smallest absolute Gasteiger partial charge is 0.306 e. The molecule has 0 saturated carbocycles. The minimum atomic E-state index is -1.07. The van der Waals surface area contributed by atoms with Crippen molar-refractivity contribution in [2.45, 2.75) is 19.4 Å². The van der Waals surface area contributed by atoms with E-state index in [-0.39, 0.29) is 30.9 Å². The Morgan fingerprint density at radius 2 is 1.65 bits per heavy atom. The highest BCUT2D eigenvalue weighted by Gasteiger charge is 2.07. The van der Waals surface area contributed by atoms with E-state index in [0.717, 1.165) is 6.07 Å². The molecular weight excluding hydrogens is 228 g/mol. The lowest BCUT2D eigenvalue weighted by Gasteiger charge is -2.05. The fourth-order valence-electron chi connectivity index (χ4n) is 1.18. The maximum absolute atomic E-state index is 11.1. The zero-order chi connectivity index (χ0) is 12.8. The summed E-state index contributed by atoms with van der Waals surface area (Å²) in [6, 6.07) is 3.82. The van der Waals surface area contributed by atoms with E-state index in [9.17, 15) is 9.59 Å². The molecule has 0 unspecified atom stereocenters. The van der Waals surface area contributed by atoms with Gasteiger partial charge in [-0.25, -0.2) is 0 Å². The largest absolute Gasteiger partial charge is 0.508 e. The summed E-state index contributed by atoms with van der Waals surface area (Å²) >= 11 is 0. The van der Waals surface area contributed by atoms with Crippen molar-refractivity contribution in [2.24, 2.45) is 0 Å². The number of phenolic OH excluding ortho intramolecular Hbond substituents is 2. The Kier molecular flexibility index (Phi) is 4.33. The summed E-state index contributed by atoms with van der Waals surface area (Å²) in [4.78, 5) is 21.3. The second-order valence-corrected chi connectivity index (χ2v) is 3.41. The van der Waals surface area contributed by atoms with Crippen LogP contribution in [0.15, 0.2) is 18.2 Å². The standard InChI is InChI=1S/C11H12O6/c12-8-3-7(4-9(13)5-8)6-17-11(16)2-1-10(14)15/h3-5,12-13H,1-2,6H2,(H,14,15). The van der Waals surface area contributed by atoms with Crippen LogP contribution in [0.3, 0.4) is 0 Å². The quantitative estimate of drug-likeness (QED) is 0.663. The van der Waals surface area contributed by atoms with Crippen molar-refractivity contribution in [1.29, 1.82) is 0 Å². The van der Waals surface area contributed by atoms with Gasteiger partial charge in [-0.3, -0.25) is 9.59 Å². The molecule has 0 saturated heterocycles. The molecule has 0 aliphatic rings. The predicted octanol–water partition coefficient (Wildman–Crippen LogP) is 1.01. The normalized spacial score (nSPS) is 9.88. The van der Waals surface area contributed by atoms with E-state index in [1.165, 1.54) is 12.1 Å². The molecule has 0 aliphatic heterocycles. The molecular formula is C11H12O6. The van der Waals surface area contributed by atoms with Crippen molar-refractivity contribution < 1.29 is 29.6 Å². The summed E-state index contributed by atoms with van der Waals surface area (Å²) in [6.45, 7) is -0.125. The molecule has 1 aromatic rings. The number of carbonyl (C=O) groups is 2. The average Bonchev–Trinajstić information content (AvgIpc) is 2.22. The first-order valence-corrected chi connectivity index (χ1v) is 4.86. The second kappa shape index (κ2) is 5.74. The number of carboxylic acids is 1. The van der Waals surface area contributed by atoms with Crippen LogP contribution < -0.4 is 0 Å². The summed E-state index contributed by atoms with van der Waals surface area (Å²) in [7, 11) is 0. The van der Waals surface area contributed by atoms with Crippen LogP contribution in [0.5, 0.6) is 11.5 Å². The number of esters is 1. The third kappa shape index (κ3) is 4.87. The lowest BCUT2D eigenvalue weighted by Crippen LogP contribution is -2.07. The summed E-state index contributed by atoms with van der Waals surface area (Å²) in [5, 5.41) is 26.7. The number of hydrogen-bond acceptors (Lipinski definition) is 5. The third-order valence-corrected chi connectivity index (χ3v) is 1.91. The molecule has 0 heterocycles. The third-order valence-electron chi connectivity index (χ3n) is 1.91. The summed E-state index contributed by atoms with van der Waals surface area (Å²) in [5.74, 6) is -1.99. The van der Waals surface area contributed by atoms with Crippen LogP contribution in [-0.4, -0.2) is 27.3 Å². The maximum atomic E-state index is 11.1.